The highest BCUT2D eigenvalue weighted by Gasteiger charge is 2.05. The van der Waals surface area contributed by atoms with E-state index in [-0.39, 0.29) is 0 Å². The number of hydrogen-bond donors (Lipinski definition) is 1. The van der Waals surface area contributed by atoms with E-state index in [4.69, 9.17) is 4.74 Å². The Balaban J connectivity index is 2.76. The van der Waals surface area contributed by atoms with E-state index in [0.29, 0.717) is 5.92 Å². The second kappa shape index (κ2) is 8.51. The fourth-order valence-electron chi connectivity index (χ4n) is 1.78. The van der Waals surface area contributed by atoms with Crippen molar-refractivity contribution in [1.82, 2.24) is 5.32 Å². The Hall–Kier alpha value is -0.640. The van der Waals surface area contributed by atoms with E-state index in [0.717, 1.165) is 24.2 Å². The van der Waals surface area contributed by atoms with Gasteiger partial charge in [0.25, 0.3) is 0 Å². The molecule has 3 heteroatoms. The van der Waals surface area contributed by atoms with E-state index in [1.807, 2.05) is 0 Å². The van der Waals surface area contributed by atoms with Crippen LogP contribution in [-0.4, -0.2) is 26.8 Å². The lowest BCUT2D eigenvalue weighted by Gasteiger charge is -2.13. The first-order valence-corrected chi connectivity index (χ1v) is 7.50. The average molecular weight is 326 g/mol. The summed E-state index contributed by atoms with van der Waals surface area (Å²) in [6.07, 6.45) is 2.27. The molecule has 0 atom stereocenters. The van der Waals surface area contributed by atoms with Gasteiger partial charge < -0.3 is 10.1 Å². The Labute approximate surface area is 125 Å². The maximum atomic E-state index is 5.05. The maximum absolute atomic E-state index is 5.05. The normalized spacial score (nSPS) is 12.2. The molecule has 0 radical (unpaired) electrons. The van der Waals surface area contributed by atoms with Crippen LogP contribution in [0.1, 0.15) is 25.0 Å². The second-order valence-corrected chi connectivity index (χ2v) is 5.92. The summed E-state index contributed by atoms with van der Waals surface area (Å²) in [7, 11) is 1.73. The molecule has 0 aliphatic heterocycles. The van der Waals surface area contributed by atoms with Crippen molar-refractivity contribution in [1.29, 1.82) is 0 Å². The van der Waals surface area contributed by atoms with Gasteiger partial charge >= 0.3 is 0 Å². The maximum Gasteiger partial charge on any atom is 0.0587 e. The first-order chi connectivity index (χ1) is 9.04. The number of methoxy groups -OCH3 is 1. The number of ether oxygens (including phenoxy) is 1. The van der Waals surface area contributed by atoms with Crippen molar-refractivity contribution in [3.8, 4) is 0 Å². The van der Waals surface area contributed by atoms with Crippen molar-refractivity contribution in [2.24, 2.45) is 5.92 Å². The largest absolute Gasteiger partial charge is 0.383 e. The van der Waals surface area contributed by atoms with Gasteiger partial charge in [-0.1, -0.05) is 53.6 Å². The summed E-state index contributed by atoms with van der Waals surface area (Å²) in [5, 5.41) is 3.41. The smallest absolute Gasteiger partial charge is 0.0587 e. The first-order valence-electron chi connectivity index (χ1n) is 6.71. The highest BCUT2D eigenvalue weighted by molar-refractivity contribution is 9.10. The zero-order chi connectivity index (χ0) is 14.3. The molecule has 0 fully saturated rings. The quantitative estimate of drug-likeness (QED) is 0.764. The van der Waals surface area contributed by atoms with Gasteiger partial charge in [0.1, 0.15) is 0 Å². The zero-order valence-corrected chi connectivity index (χ0v) is 13.9. The van der Waals surface area contributed by atoms with Crippen LogP contribution in [0.15, 0.2) is 28.2 Å². The fraction of sp³-hybridized carbons (Fsp3) is 0.500. The van der Waals surface area contributed by atoms with Crippen LogP contribution in [0.2, 0.25) is 0 Å². The van der Waals surface area contributed by atoms with Gasteiger partial charge in [-0.3, -0.25) is 0 Å². The van der Waals surface area contributed by atoms with Gasteiger partial charge in [-0.25, -0.2) is 0 Å². The Morgan fingerprint density at radius 3 is 2.74 bits per heavy atom. The molecule has 0 aromatic heterocycles. The third-order valence-corrected chi connectivity index (χ3v) is 3.74. The van der Waals surface area contributed by atoms with Crippen LogP contribution in [0.5, 0.6) is 0 Å². The van der Waals surface area contributed by atoms with Crippen molar-refractivity contribution < 1.29 is 4.74 Å². The van der Waals surface area contributed by atoms with E-state index in [1.165, 1.54) is 16.7 Å². The molecule has 0 aliphatic carbocycles. The number of hydrogen-bond acceptors (Lipinski definition) is 2. The monoisotopic (exact) mass is 325 g/mol. The summed E-state index contributed by atoms with van der Waals surface area (Å²) in [5.74, 6) is 0.531. The summed E-state index contributed by atoms with van der Waals surface area (Å²) in [4.78, 5) is 0. The number of nitrogens with one attached hydrogen (secondary N) is 1. The van der Waals surface area contributed by atoms with Gasteiger partial charge in [-0.05, 0) is 30.0 Å². The molecular formula is C16H24BrNO. The van der Waals surface area contributed by atoms with E-state index >= 15 is 0 Å². The standard InChI is InChI=1S/C16H24BrNO/c1-12(2)15(11-18-7-8-19-4)10-14-6-5-13(3)9-16(14)17/h5-6,9-10,12,18H,7-8,11H2,1-4H3/b15-10-. The second-order valence-electron chi connectivity index (χ2n) is 5.07. The molecule has 2 nitrogen and oxygen atoms in total. The van der Waals surface area contributed by atoms with Gasteiger partial charge in [0, 0.05) is 24.7 Å². The van der Waals surface area contributed by atoms with E-state index in [2.05, 4.69) is 66.3 Å². The van der Waals surface area contributed by atoms with Gasteiger partial charge in [-0.2, -0.15) is 0 Å². The van der Waals surface area contributed by atoms with Crippen LogP contribution in [0.25, 0.3) is 6.08 Å². The van der Waals surface area contributed by atoms with Gasteiger partial charge in [0.15, 0.2) is 0 Å². The van der Waals surface area contributed by atoms with Gasteiger partial charge in [-0.15, -0.1) is 0 Å². The summed E-state index contributed by atoms with van der Waals surface area (Å²) < 4.78 is 6.20. The summed E-state index contributed by atoms with van der Waals surface area (Å²) in [5.41, 5.74) is 3.91. The molecule has 0 unspecified atom stereocenters. The Bertz CT molecular complexity index is 427. The van der Waals surface area contributed by atoms with E-state index in [1.54, 1.807) is 7.11 Å². The minimum absolute atomic E-state index is 0.531. The van der Waals surface area contributed by atoms with Crippen LogP contribution >= 0.6 is 15.9 Å². The van der Waals surface area contributed by atoms with Crippen LogP contribution < -0.4 is 5.32 Å². The molecule has 1 aromatic rings. The number of rotatable bonds is 7. The van der Waals surface area contributed by atoms with Crippen LogP contribution in [0.3, 0.4) is 0 Å². The summed E-state index contributed by atoms with van der Waals surface area (Å²) in [6, 6.07) is 6.46. The molecule has 0 bridgehead atoms. The van der Waals surface area contributed by atoms with Crippen LogP contribution in [-0.2, 0) is 4.74 Å². The van der Waals surface area contributed by atoms with Crippen LogP contribution in [0.4, 0.5) is 0 Å². The van der Waals surface area contributed by atoms with Crippen molar-refractivity contribution in [2.75, 3.05) is 26.8 Å². The Kier molecular flexibility index (Phi) is 7.36. The third kappa shape index (κ3) is 5.89. The highest BCUT2D eigenvalue weighted by Crippen LogP contribution is 2.23. The molecule has 19 heavy (non-hydrogen) atoms. The minimum Gasteiger partial charge on any atom is -0.383 e. The molecular weight excluding hydrogens is 302 g/mol. The van der Waals surface area contributed by atoms with Crippen molar-refractivity contribution >= 4 is 22.0 Å². The van der Waals surface area contributed by atoms with Crippen LogP contribution in [0, 0.1) is 12.8 Å². The highest BCUT2D eigenvalue weighted by atomic mass is 79.9. The molecule has 0 saturated heterocycles. The molecule has 1 rings (SSSR count). The van der Waals surface area contributed by atoms with Gasteiger partial charge in [0.2, 0.25) is 0 Å². The lowest BCUT2D eigenvalue weighted by molar-refractivity contribution is 0.200. The average Bonchev–Trinajstić information content (AvgIpc) is 2.35. The molecule has 0 heterocycles. The van der Waals surface area contributed by atoms with E-state index < -0.39 is 0 Å². The number of halogens is 1. The molecule has 1 aromatic carbocycles. The molecule has 0 saturated carbocycles. The fourth-order valence-corrected chi connectivity index (χ4v) is 2.39. The lowest BCUT2D eigenvalue weighted by atomic mass is 10.00. The van der Waals surface area contributed by atoms with Gasteiger partial charge in [0.05, 0.1) is 6.61 Å². The predicted molar refractivity (Wildman–Crippen MR) is 86.4 cm³/mol. The minimum atomic E-state index is 0.531. The van der Waals surface area contributed by atoms with E-state index in [9.17, 15) is 0 Å². The summed E-state index contributed by atoms with van der Waals surface area (Å²) >= 11 is 3.63. The van der Waals surface area contributed by atoms with Crippen molar-refractivity contribution in [3.63, 3.8) is 0 Å². The lowest BCUT2D eigenvalue weighted by Crippen LogP contribution is -2.23. The topological polar surface area (TPSA) is 21.3 Å². The summed E-state index contributed by atoms with van der Waals surface area (Å²) in [6.45, 7) is 9.10. The zero-order valence-electron chi connectivity index (χ0n) is 12.3. The predicted octanol–water partition coefficient (Wildman–Crippen LogP) is 4.03. The third-order valence-electron chi connectivity index (χ3n) is 3.05. The van der Waals surface area contributed by atoms with Crippen molar-refractivity contribution in [3.05, 3.63) is 39.4 Å². The number of aryl methyl sites for hydroxylation is 1. The molecule has 106 valence electrons. The molecule has 0 amide bonds. The van der Waals surface area contributed by atoms with Crippen molar-refractivity contribution in [2.45, 2.75) is 20.8 Å². The number of benzene rings is 1. The Morgan fingerprint density at radius 2 is 2.16 bits per heavy atom. The molecule has 0 spiro atoms. The first kappa shape index (κ1) is 16.4. The molecule has 1 N–H and O–H groups in total. The Morgan fingerprint density at radius 1 is 1.42 bits per heavy atom. The molecule has 0 aliphatic rings. The SMILES string of the molecule is COCCNC/C(=C/c1ccc(C)cc1Br)C(C)C.